The SMILES string of the molecule is O=[N+]([O-])c1ccc(-n2c(O)ccc2O)c(-c2ccccc2)c1. The minimum absolute atomic E-state index is 0.0614. The van der Waals surface area contributed by atoms with E-state index in [2.05, 4.69) is 0 Å². The van der Waals surface area contributed by atoms with Crippen molar-refractivity contribution in [3.05, 3.63) is 70.8 Å². The highest BCUT2D eigenvalue weighted by Crippen LogP contribution is 2.35. The van der Waals surface area contributed by atoms with Gasteiger partial charge in [-0.1, -0.05) is 30.3 Å². The predicted molar refractivity (Wildman–Crippen MR) is 81.2 cm³/mol. The molecule has 0 saturated heterocycles. The van der Waals surface area contributed by atoms with Gasteiger partial charge in [0.1, 0.15) is 0 Å². The van der Waals surface area contributed by atoms with E-state index >= 15 is 0 Å². The zero-order valence-corrected chi connectivity index (χ0v) is 11.4. The van der Waals surface area contributed by atoms with Crippen molar-refractivity contribution >= 4 is 5.69 Å². The third kappa shape index (κ3) is 2.26. The second kappa shape index (κ2) is 5.25. The van der Waals surface area contributed by atoms with Gasteiger partial charge in [0.05, 0.1) is 10.6 Å². The fraction of sp³-hybridized carbons (Fsp3) is 0. The molecule has 3 aromatic rings. The number of hydrogen-bond donors (Lipinski definition) is 2. The van der Waals surface area contributed by atoms with Crippen molar-refractivity contribution in [3.8, 4) is 28.6 Å². The average Bonchev–Trinajstić information content (AvgIpc) is 2.86. The molecule has 0 aliphatic heterocycles. The molecule has 110 valence electrons. The van der Waals surface area contributed by atoms with Crippen molar-refractivity contribution in [2.24, 2.45) is 0 Å². The largest absolute Gasteiger partial charge is 0.494 e. The summed E-state index contributed by atoms with van der Waals surface area (Å²) in [6, 6.07) is 16.0. The zero-order chi connectivity index (χ0) is 15.7. The molecular formula is C16H12N2O4. The number of rotatable bonds is 3. The Morgan fingerprint density at radius 2 is 1.55 bits per heavy atom. The normalized spacial score (nSPS) is 10.5. The van der Waals surface area contributed by atoms with Gasteiger partial charge in [0.15, 0.2) is 11.8 Å². The molecule has 2 aromatic carbocycles. The molecule has 0 aliphatic rings. The Bertz CT molecular complexity index is 821. The van der Waals surface area contributed by atoms with Gasteiger partial charge in [0, 0.05) is 29.8 Å². The fourth-order valence-electron chi connectivity index (χ4n) is 2.34. The molecule has 0 spiro atoms. The number of aromatic nitrogens is 1. The van der Waals surface area contributed by atoms with Crippen LogP contribution in [0.1, 0.15) is 0 Å². The molecule has 3 rings (SSSR count). The van der Waals surface area contributed by atoms with Gasteiger partial charge in [-0.2, -0.15) is 0 Å². The first-order valence-corrected chi connectivity index (χ1v) is 6.52. The molecular weight excluding hydrogens is 284 g/mol. The smallest absolute Gasteiger partial charge is 0.270 e. The molecule has 2 N–H and O–H groups in total. The van der Waals surface area contributed by atoms with E-state index in [0.29, 0.717) is 11.3 Å². The second-order valence-electron chi connectivity index (χ2n) is 4.71. The Balaban J connectivity index is 2.29. The third-order valence-corrected chi connectivity index (χ3v) is 3.36. The molecule has 6 heteroatoms. The van der Waals surface area contributed by atoms with E-state index in [9.17, 15) is 20.3 Å². The maximum Gasteiger partial charge on any atom is 0.270 e. The summed E-state index contributed by atoms with van der Waals surface area (Å²) >= 11 is 0. The highest BCUT2D eigenvalue weighted by Gasteiger charge is 2.17. The summed E-state index contributed by atoms with van der Waals surface area (Å²) in [6.07, 6.45) is 0. The van der Waals surface area contributed by atoms with E-state index in [0.717, 1.165) is 5.56 Å². The van der Waals surface area contributed by atoms with Gasteiger partial charge in [0.25, 0.3) is 5.69 Å². The number of nitro benzene ring substituents is 1. The zero-order valence-electron chi connectivity index (χ0n) is 11.4. The summed E-state index contributed by atoms with van der Waals surface area (Å²) in [7, 11) is 0. The van der Waals surface area contributed by atoms with Crippen molar-refractivity contribution in [3.63, 3.8) is 0 Å². The Morgan fingerprint density at radius 1 is 0.909 bits per heavy atom. The Morgan fingerprint density at radius 3 is 2.14 bits per heavy atom. The van der Waals surface area contributed by atoms with Crippen molar-refractivity contribution in [1.29, 1.82) is 0 Å². The molecule has 0 fully saturated rings. The van der Waals surface area contributed by atoms with Crippen molar-refractivity contribution < 1.29 is 15.1 Å². The van der Waals surface area contributed by atoms with Crippen LogP contribution in [0.3, 0.4) is 0 Å². The molecule has 0 amide bonds. The van der Waals surface area contributed by atoms with Crippen LogP contribution in [0.4, 0.5) is 5.69 Å². The number of non-ortho nitro benzene ring substituents is 1. The van der Waals surface area contributed by atoms with E-state index in [-0.39, 0.29) is 17.4 Å². The quantitative estimate of drug-likeness (QED) is 0.572. The highest BCUT2D eigenvalue weighted by atomic mass is 16.6. The molecule has 1 heterocycles. The average molecular weight is 296 g/mol. The first-order valence-electron chi connectivity index (χ1n) is 6.52. The lowest BCUT2D eigenvalue weighted by Gasteiger charge is -2.13. The van der Waals surface area contributed by atoms with E-state index < -0.39 is 4.92 Å². The maximum atomic E-state index is 11.0. The summed E-state index contributed by atoms with van der Waals surface area (Å²) in [5.74, 6) is -0.299. The fourth-order valence-corrected chi connectivity index (χ4v) is 2.34. The van der Waals surface area contributed by atoms with Crippen LogP contribution in [-0.4, -0.2) is 19.7 Å². The van der Waals surface area contributed by atoms with Crippen LogP contribution in [0.5, 0.6) is 11.8 Å². The molecule has 0 unspecified atom stereocenters. The molecule has 0 atom stereocenters. The lowest BCUT2D eigenvalue weighted by molar-refractivity contribution is -0.384. The van der Waals surface area contributed by atoms with Crippen molar-refractivity contribution in [1.82, 2.24) is 4.57 Å². The lowest BCUT2D eigenvalue weighted by atomic mass is 10.0. The molecule has 0 saturated carbocycles. The Hall–Kier alpha value is -3.28. The highest BCUT2D eigenvalue weighted by molar-refractivity contribution is 5.76. The van der Waals surface area contributed by atoms with Gasteiger partial charge >= 0.3 is 0 Å². The van der Waals surface area contributed by atoms with Gasteiger partial charge in [-0.05, 0) is 11.6 Å². The van der Waals surface area contributed by atoms with E-state index in [1.54, 1.807) is 12.1 Å². The van der Waals surface area contributed by atoms with Crippen LogP contribution in [0, 0.1) is 10.1 Å². The van der Waals surface area contributed by atoms with Gasteiger partial charge in [-0.3, -0.25) is 14.7 Å². The van der Waals surface area contributed by atoms with Crippen molar-refractivity contribution in [2.45, 2.75) is 0 Å². The standard InChI is InChI=1S/C16H12N2O4/c19-15-8-9-16(20)17(15)14-7-6-12(18(21)22)10-13(14)11-4-2-1-3-5-11/h1-10,19-20H. The molecule has 0 bridgehead atoms. The summed E-state index contributed by atoms with van der Waals surface area (Å²) in [5, 5.41) is 30.8. The van der Waals surface area contributed by atoms with Crippen LogP contribution in [0.25, 0.3) is 16.8 Å². The summed E-state index contributed by atoms with van der Waals surface area (Å²) in [5.41, 5.74) is 1.68. The van der Waals surface area contributed by atoms with Gasteiger partial charge < -0.3 is 10.2 Å². The second-order valence-corrected chi connectivity index (χ2v) is 4.71. The number of hydrogen-bond acceptors (Lipinski definition) is 4. The number of nitrogens with zero attached hydrogens (tertiary/aromatic N) is 2. The van der Waals surface area contributed by atoms with E-state index in [1.165, 1.54) is 34.9 Å². The van der Waals surface area contributed by atoms with Crippen LogP contribution in [-0.2, 0) is 0 Å². The Labute approximate surface area is 125 Å². The summed E-state index contributed by atoms with van der Waals surface area (Å²) in [6.45, 7) is 0. The minimum atomic E-state index is -0.481. The van der Waals surface area contributed by atoms with Crippen LogP contribution in [0.2, 0.25) is 0 Å². The number of benzene rings is 2. The predicted octanol–water partition coefficient (Wildman–Crippen LogP) is 3.46. The topological polar surface area (TPSA) is 88.5 Å². The maximum absolute atomic E-state index is 11.0. The number of aromatic hydroxyl groups is 2. The molecule has 0 radical (unpaired) electrons. The van der Waals surface area contributed by atoms with Gasteiger partial charge in [-0.15, -0.1) is 0 Å². The summed E-state index contributed by atoms with van der Waals surface area (Å²) in [4.78, 5) is 10.5. The van der Waals surface area contributed by atoms with Crippen LogP contribution in [0.15, 0.2) is 60.7 Å². The van der Waals surface area contributed by atoms with Gasteiger partial charge in [0.2, 0.25) is 0 Å². The van der Waals surface area contributed by atoms with Crippen LogP contribution < -0.4 is 0 Å². The number of nitro groups is 1. The van der Waals surface area contributed by atoms with Crippen LogP contribution >= 0.6 is 0 Å². The van der Waals surface area contributed by atoms with Crippen molar-refractivity contribution in [2.75, 3.05) is 0 Å². The first kappa shape index (κ1) is 13.7. The Kier molecular flexibility index (Phi) is 3.27. The lowest BCUT2D eigenvalue weighted by Crippen LogP contribution is -1.98. The molecule has 6 nitrogen and oxygen atoms in total. The monoisotopic (exact) mass is 296 g/mol. The van der Waals surface area contributed by atoms with Gasteiger partial charge in [-0.25, -0.2) is 0 Å². The third-order valence-electron chi connectivity index (χ3n) is 3.36. The molecule has 0 aliphatic carbocycles. The first-order chi connectivity index (χ1) is 10.6. The van der Waals surface area contributed by atoms with E-state index in [1.807, 2.05) is 18.2 Å². The minimum Gasteiger partial charge on any atom is -0.494 e. The van der Waals surface area contributed by atoms with E-state index in [4.69, 9.17) is 0 Å². The molecule has 22 heavy (non-hydrogen) atoms. The summed E-state index contributed by atoms with van der Waals surface area (Å²) < 4.78 is 1.23. The molecule has 1 aromatic heterocycles.